The van der Waals surface area contributed by atoms with Crippen molar-refractivity contribution in [1.82, 2.24) is 5.43 Å². The smallest absolute Gasteiger partial charge is 0.161 e. The summed E-state index contributed by atoms with van der Waals surface area (Å²) in [4.78, 5) is 0. The molecule has 0 bridgehead atoms. The molecule has 76 valence electrons. The molecule has 0 radical (unpaired) electrons. The molecule has 1 aromatic rings. The monoisotopic (exact) mass is 194 g/mol. The summed E-state index contributed by atoms with van der Waals surface area (Å²) in [6.07, 6.45) is -0.0325. The van der Waals surface area contributed by atoms with E-state index in [0.29, 0.717) is 6.61 Å². The molecule has 3 N–H and O–H groups in total. The maximum absolute atomic E-state index is 5.72. The highest BCUT2D eigenvalue weighted by Gasteiger charge is 2.24. The number of benzene rings is 1. The third-order valence-electron chi connectivity index (χ3n) is 2.35. The first kappa shape index (κ1) is 9.30. The average molecular weight is 194 g/mol. The van der Waals surface area contributed by atoms with Crippen LogP contribution in [0.3, 0.4) is 0 Å². The normalized spacial score (nSPS) is 21.7. The maximum Gasteiger partial charge on any atom is 0.161 e. The number of ether oxygens (including phenoxy) is 2. The Labute approximate surface area is 83.0 Å². The Morgan fingerprint density at radius 2 is 2.14 bits per heavy atom. The number of nitrogens with two attached hydrogens (primary N) is 1. The summed E-state index contributed by atoms with van der Waals surface area (Å²) >= 11 is 0. The molecule has 2 rings (SSSR count). The van der Waals surface area contributed by atoms with Crippen LogP contribution in [0, 0.1) is 0 Å². The summed E-state index contributed by atoms with van der Waals surface area (Å²) in [5.41, 5.74) is 2.66. The molecule has 1 aliphatic heterocycles. The lowest BCUT2D eigenvalue weighted by atomic mass is 10.2. The molecule has 0 aromatic heterocycles. The first-order valence-electron chi connectivity index (χ1n) is 4.66. The van der Waals surface area contributed by atoms with Gasteiger partial charge in [0.15, 0.2) is 11.5 Å². The van der Waals surface area contributed by atoms with Crippen LogP contribution < -0.4 is 20.7 Å². The molecule has 0 amide bonds. The van der Waals surface area contributed by atoms with Crippen LogP contribution >= 0.6 is 0 Å². The zero-order valence-corrected chi connectivity index (χ0v) is 8.07. The lowest BCUT2D eigenvalue weighted by molar-refractivity contribution is 0.0668. The molecule has 1 aromatic carbocycles. The Bertz CT molecular complexity index is 317. The van der Waals surface area contributed by atoms with Gasteiger partial charge in [-0.25, -0.2) is 0 Å². The zero-order chi connectivity index (χ0) is 9.97. The number of hydrogen-bond acceptors (Lipinski definition) is 4. The molecule has 0 spiro atoms. The highest BCUT2D eigenvalue weighted by molar-refractivity contribution is 5.40. The van der Waals surface area contributed by atoms with Crippen LogP contribution in [0.4, 0.5) is 0 Å². The molecule has 0 saturated heterocycles. The van der Waals surface area contributed by atoms with Crippen molar-refractivity contribution < 1.29 is 9.47 Å². The van der Waals surface area contributed by atoms with E-state index in [-0.39, 0.29) is 12.1 Å². The summed E-state index contributed by atoms with van der Waals surface area (Å²) in [5.74, 6) is 6.92. The minimum atomic E-state index is -0.0325. The molecule has 1 aliphatic rings. The molecular formula is C10H14N2O2. The Kier molecular flexibility index (Phi) is 2.56. The van der Waals surface area contributed by atoms with Gasteiger partial charge in [-0.3, -0.25) is 11.3 Å². The van der Waals surface area contributed by atoms with Crippen molar-refractivity contribution in [3.63, 3.8) is 0 Å². The molecule has 14 heavy (non-hydrogen) atoms. The number of fused-ring (bicyclic) bond motifs is 1. The lowest BCUT2D eigenvalue weighted by Gasteiger charge is -2.29. The van der Waals surface area contributed by atoms with E-state index in [1.54, 1.807) is 0 Å². The Morgan fingerprint density at radius 3 is 2.86 bits per heavy atom. The number of hydrazine groups is 1. The van der Waals surface area contributed by atoms with Crippen molar-refractivity contribution in [1.29, 1.82) is 0 Å². The van der Waals surface area contributed by atoms with Crippen LogP contribution in [0.1, 0.15) is 6.92 Å². The second-order valence-electron chi connectivity index (χ2n) is 3.37. The lowest BCUT2D eigenvalue weighted by Crippen LogP contribution is -2.48. The second kappa shape index (κ2) is 3.86. The molecule has 0 aliphatic carbocycles. The van der Waals surface area contributed by atoms with E-state index >= 15 is 0 Å². The van der Waals surface area contributed by atoms with Gasteiger partial charge in [0.2, 0.25) is 0 Å². The van der Waals surface area contributed by atoms with E-state index in [1.165, 1.54) is 0 Å². The highest BCUT2D eigenvalue weighted by atomic mass is 16.6. The zero-order valence-electron chi connectivity index (χ0n) is 8.07. The van der Waals surface area contributed by atoms with E-state index in [2.05, 4.69) is 5.43 Å². The molecule has 2 atom stereocenters. The van der Waals surface area contributed by atoms with Crippen LogP contribution in [0.5, 0.6) is 11.5 Å². The van der Waals surface area contributed by atoms with Crippen molar-refractivity contribution in [2.24, 2.45) is 5.84 Å². The fourth-order valence-electron chi connectivity index (χ4n) is 1.39. The quantitative estimate of drug-likeness (QED) is 0.537. The largest absolute Gasteiger partial charge is 0.486 e. The van der Waals surface area contributed by atoms with Crippen molar-refractivity contribution in [2.75, 3.05) is 6.61 Å². The molecule has 1 heterocycles. The second-order valence-corrected chi connectivity index (χ2v) is 3.37. The van der Waals surface area contributed by atoms with Gasteiger partial charge >= 0.3 is 0 Å². The maximum atomic E-state index is 5.72. The topological polar surface area (TPSA) is 56.5 Å². The average Bonchev–Trinajstić information content (AvgIpc) is 2.27. The van der Waals surface area contributed by atoms with Crippen LogP contribution in [-0.4, -0.2) is 18.8 Å². The van der Waals surface area contributed by atoms with Gasteiger partial charge in [-0.2, -0.15) is 0 Å². The van der Waals surface area contributed by atoms with Crippen LogP contribution in [0.25, 0.3) is 0 Å². The molecule has 4 heteroatoms. The van der Waals surface area contributed by atoms with Crippen LogP contribution in [0.2, 0.25) is 0 Å². The van der Waals surface area contributed by atoms with Gasteiger partial charge in [-0.1, -0.05) is 12.1 Å². The minimum absolute atomic E-state index is 0.0325. The van der Waals surface area contributed by atoms with Crippen LogP contribution in [0.15, 0.2) is 24.3 Å². The van der Waals surface area contributed by atoms with Crippen molar-refractivity contribution >= 4 is 0 Å². The summed E-state index contributed by atoms with van der Waals surface area (Å²) < 4.78 is 11.3. The minimum Gasteiger partial charge on any atom is -0.486 e. The number of para-hydroxylation sites is 2. The molecule has 0 unspecified atom stereocenters. The number of rotatable bonds is 2. The van der Waals surface area contributed by atoms with Gasteiger partial charge in [0.05, 0.1) is 6.04 Å². The van der Waals surface area contributed by atoms with Crippen molar-refractivity contribution in [3.8, 4) is 11.5 Å². The first-order chi connectivity index (χ1) is 6.81. The Morgan fingerprint density at radius 1 is 1.43 bits per heavy atom. The van der Waals surface area contributed by atoms with Crippen molar-refractivity contribution in [2.45, 2.75) is 19.1 Å². The molecule has 4 nitrogen and oxygen atoms in total. The van der Waals surface area contributed by atoms with E-state index < -0.39 is 0 Å². The predicted molar refractivity (Wildman–Crippen MR) is 53.1 cm³/mol. The Hall–Kier alpha value is -1.26. The van der Waals surface area contributed by atoms with Gasteiger partial charge < -0.3 is 9.47 Å². The summed E-state index contributed by atoms with van der Waals surface area (Å²) in [7, 11) is 0. The third kappa shape index (κ3) is 1.66. The first-order valence-corrected chi connectivity index (χ1v) is 4.66. The van der Waals surface area contributed by atoms with Crippen molar-refractivity contribution in [3.05, 3.63) is 24.3 Å². The predicted octanol–water partition coefficient (Wildman–Crippen LogP) is 0.678. The van der Waals surface area contributed by atoms with E-state index in [4.69, 9.17) is 15.3 Å². The van der Waals surface area contributed by atoms with E-state index in [0.717, 1.165) is 11.5 Å². The summed E-state index contributed by atoms with van der Waals surface area (Å²) in [5, 5.41) is 0. The molecule has 0 saturated carbocycles. The van der Waals surface area contributed by atoms with Gasteiger partial charge in [-0.15, -0.1) is 0 Å². The van der Waals surface area contributed by atoms with Gasteiger partial charge in [0.25, 0.3) is 0 Å². The third-order valence-corrected chi connectivity index (χ3v) is 2.35. The van der Waals surface area contributed by atoms with Gasteiger partial charge in [0.1, 0.15) is 12.7 Å². The summed E-state index contributed by atoms with van der Waals surface area (Å²) in [6, 6.07) is 7.71. The number of nitrogens with one attached hydrogen (secondary N) is 1. The fourth-order valence-corrected chi connectivity index (χ4v) is 1.39. The molecular weight excluding hydrogens is 180 g/mol. The van der Waals surface area contributed by atoms with Gasteiger partial charge in [0, 0.05) is 0 Å². The van der Waals surface area contributed by atoms with E-state index in [1.807, 2.05) is 31.2 Å². The van der Waals surface area contributed by atoms with Crippen LogP contribution in [-0.2, 0) is 0 Å². The van der Waals surface area contributed by atoms with E-state index in [9.17, 15) is 0 Å². The standard InChI is InChI=1S/C10H14N2O2/c1-7(12-11)10-6-13-8-4-2-3-5-9(8)14-10/h2-5,7,10,12H,6,11H2,1H3/t7-,10-/m1/s1. The fraction of sp³-hybridized carbons (Fsp3) is 0.400. The highest BCUT2D eigenvalue weighted by Crippen LogP contribution is 2.31. The van der Waals surface area contributed by atoms with Gasteiger partial charge in [-0.05, 0) is 19.1 Å². The Balaban J connectivity index is 2.13. The number of hydrogen-bond donors (Lipinski definition) is 2. The molecule has 0 fully saturated rings. The SMILES string of the molecule is C[C@@H](NN)[C@H]1COc2ccccc2O1. The summed E-state index contributed by atoms with van der Waals surface area (Å²) in [6.45, 7) is 2.49.